The Morgan fingerprint density at radius 2 is 1.79 bits per heavy atom. The van der Waals surface area contributed by atoms with E-state index in [1.165, 1.54) is 0 Å². The Bertz CT molecular complexity index is 798. The summed E-state index contributed by atoms with van der Waals surface area (Å²) in [4.78, 5) is 4.45. The lowest BCUT2D eigenvalue weighted by atomic mass is 10.2. The van der Waals surface area contributed by atoms with E-state index in [9.17, 15) is 8.42 Å². The van der Waals surface area contributed by atoms with Gasteiger partial charge >= 0.3 is 0 Å². The zero-order valence-corrected chi connectivity index (χ0v) is 14.1. The molecule has 9 heteroatoms. The number of anilines is 1. The van der Waals surface area contributed by atoms with Gasteiger partial charge in [0, 0.05) is 32.2 Å². The van der Waals surface area contributed by atoms with Crippen LogP contribution in [0.5, 0.6) is 0 Å². The predicted molar refractivity (Wildman–Crippen MR) is 90.0 cm³/mol. The van der Waals surface area contributed by atoms with E-state index >= 15 is 0 Å². The molecule has 3 heterocycles. The minimum Gasteiger partial charge on any atom is -0.337 e. The van der Waals surface area contributed by atoms with Crippen molar-refractivity contribution in [1.29, 1.82) is 0 Å². The summed E-state index contributed by atoms with van der Waals surface area (Å²) in [6.07, 6.45) is 0.754. The van der Waals surface area contributed by atoms with E-state index in [1.807, 2.05) is 30.3 Å². The van der Waals surface area contributed by atoms with Gasteiger partial charge in [-0.05, 0) is 29.0 Å². The molecule has 2 aromatic rings. The highest BCUT2D eigenvalue weighted by atomic mass is 32.2. The number of hydrogen-bond donors (Lipinski definition) is 0. The van der Waals surface area contributed by atoms with E-state index in [2.05, 4.69) is 25.3 Å². The van der Waals surface area contributed by atoms with Crippen molar-refractivity contribution in [3.8, 4) is 5.69 Å². The topological polar surface area (TPSA) is 84.2 Å². The standard InChI is InChI=1S/C15H20N6O2S/c22-24(23)11-6-14(12-24)19-7-9-20(10-8-19)15-16-17-18-21(15)13-4-2-1-3-5-13/h1-5,14H,6-12H2/t14-/m0/s1. The summed E-state index contributed by atoms with van der Waals surface area (Å²) in [5, 5.41) is 12.1. The normalized spacial score (nSPS) is 24.3. The van der Waals surface area contributed by atoms with E-state index in [0.29, 0.717) is 11.5 Å². The third kappa shape index (κ3) is 3.01. The van der Waals surface area contributed by atoms with Gasteiger partial charge in [-0.2, -0.15) is 4.68 Å². The molecule has 0 saturated carbocycles. The molecule has 0 spiro atoms. The molecule has 2 aliphatic rings. The Kier molecular flexibility index (Phi) is 3.97. The first-order valence-corrected chi connectivity index (χ1v) is 9.98. The average molecular weight is 348 g/mol. The van der Waals surface area contributed by atoms with Gasteiger partial charge in [0.25, 0.3) is 0 Å². The highest BCUT2D eigenvalue weighted by Crippen LogP contribution is 2.22. The van der Waals surface area contributed by atoms with Crippen molar-refractivity contribution in [2.45, 2.75) is 12.5 Å². The summed E-state index contributed by atoms with van der Waals surface area (Å²) in [5.74, 6) is 1.36. The van der Waals surface area contributed by atoms with Crippen LogP contribution in [0.3, 0.4) is 0 Å². The molecule has 2 aliphatic heterocycles. The molecule has 1 aromatic carbocycles. The zero-order valence-electron chi connectivity index (χ0n) is 13.3. The average Bonchev–Trinajstić information content (AvgIpc) is 3.22. The Hall–Kier alpha value is -2.00. The molecule has 24 heavy (non-hydrogen) atoms. The van der Waals surface area contributed by atoms with Crippen LogP contribution in [-0.4, -0.2) is 77.3 Å². The smallest absolute Gasteiger partial charge is 0.250 e. The van der Waals surface area contributed by atoms with Crippen molar-refractivity contribution in [1.82, 2.24) is 25.1 Å². The summed E-state index contributed by atoms with van der Waals surface area (Å²) < 4.78 is 25.1. The van der Waals surface area contributed by atoms with Gasteiger partial charge in [0.1, 0.15) is 0 Å². The fourth-order valence-corrected chi connectivity index (χ4v) is 5.23. The molecular weight excluding hydrogens is 328 g/mol. The number of para-hydroxylation sites is 1. The number of piperazine rings is 1. The van der Waals surface area contributed by atoms with Gasteiger partial charge in [-0.15, -0.1) is 0 Å². The molecule has 128 valence electrons. The molecule has 1 atom stereocenters. The molecule has 0 unspecified atom stereocenters. The maximum Gasteiger partial charge on any atom is 0.250 e. The number of hydrogen-bond acceptors (Lipinski definition) is 7. The number of tetrazole rings is 1. The molecule has 0 radical (unpaired) electrons. The lowest BCUT2D eigenvalue weighted by molar-refractivity contribution is 0.199. The lowest BCUT2D eigenvalue weighted by Gasteiger charge is -2.37. The monoisotopic (exact) mass is 348 g/mol. The van der Waals surface area contributed by atoms with Crippen LogP contribution in [0.1, 0.15) is 6.42 Å². The minimum absolute atomic E-state index is 0.169. The third-order valence-electron chi connectivity index (χ3n) is 4.78. The summed E-state index contributed by atoms with van der Waals surface area (Å²) >= 11 is 0. The number of aromatic nitrogens is 4. The largest absolute Gasteiger partial charge is 0.337 e. The number of sulfone groups is 1. The van der Waals surface area contributed by atoms with E-state index in [0.717, 1.165) is 44.2 Å². The molecule has 0 bridgehead atoms. The van der Waals surface area contributed by atoms with Crippen molar-refractivity contribution >= 4 is 15.8 Å². The van der Waals surface area contributed by atoms with Gasteiger partial charge in [0.2, 0.25) is 5.95 Å². The minimum atomic E-state index is -2.84. The van der Waals surface area contributed by atoms with Crippen LogP contribution >= 0.6 is 0 Å². The van der Waals surface area contributed by atoms with Crippen molar-refractivity contribution in [3.63, 3.8) is 0 Å². The van der Waals surface area contributed by atoms with E-state index in [4.69, 9.17) is 0 Å². The molecule has 0 aliphatic carbocycles. The van der Waals surface area contributed by atoms with Crippen molar-refractivity contribution in [2.24, 2.45) is 0 Å². The third-order valence-corrected chi connectivity index (χ3v) is 6.53. The summed E-state index contributed by atoms with van der Waals surface area (Å²) in [5.41, 5.74) is 0.932. The van der Waals surface area contributed by atoms with Crippen molar-refractivity contribution in [3.05, 3.63) is 30.3 Å². The summed E-state index contributed by atoms with van der Waals surface area (Å²) in [7, 11) is -2.84. The van der Waals surface area contributed by atoms with Gasteiger partial charge in [0.15, 0.2) is 9.84 Å². The first kappa shape index (κ1) is 15.5. The fourth-order valence-electron chi connectivity index (χ4n) is 3.47. The van der Waals surface area contributed by atoms with Crippen LogP contribution in [0.2, 0.25) is 0 Å². The van der Waals surface area contributed by atoms with Crippen LogP contribution < -0.4 is 4.90 Å². The molecule has 8 nitrogen and oxygen atoms in total. The first-order valence-electron chi connectivity index (χ1n) is 8.16. The predicted octanol–water partition coefficient (Wildman–Crippen LogP) is -0.0286. The maximum atomic E-state index is 11.7. The Balaban J connectivity index is 1.45. The second-order valence-electron chi connectivity index (χ2n) is 6.31. The molecule has 2 fully saturated rings. The van der Waals surface area contributed by atoms with Gasteiger partial charge in [0.05, 0.1) is 17.2 Å². The van der Waals surface area contributed by atoms with Gasteiger partial charge in [-0.1, -0.05) is 23.3 Å². The quantitative estimate of drug-likeness (QED) is 0.770. The number of nitrogens with zero attached hydrogens (tertiary/aromatic N) is 6. The number of rotatable bonds is 3. The molecule has 0 N–H and O–H groups in total. The molecule has 0 amide bonds. The molecule has 1 aromatic heterocycles. The fraction of sp³-hybridized carbons (Fsp3) is 0.533. The number of benzene rings is 1. The van der Waals surface area contributed by atoms with E-state index < -0.39 is 9.84 Å². The Morgan fingerprint density at radius 3 is 2.46 bits per heavy atom. The second-order valence-corrected chi connectivity index (χ2v) is 8.53. The molecular formula is C15H20N6O2S. The van der Waals surface area contributed by atoms with Crippen LogP contribution in [0, 0.1) is 0 Å². The van der Waals surface area contributed by atoms with Gasteiger partial charge in [-0.25, -0.2) is 8.42 Å². The summed E-state index contributed by atoms with van der Waals surface area (Å²) in [6.45, 7) is 3.26. The summed E-state index contributed by atoms with van der Waals surface area (Å²) in [6, 6.07) is 9.99. The van der Waals surface area contributed by atoms with Crippen LogP contribution in [-0.2, 0) is 9.84 Å². The second kappa shape index (κ2) is 6.14. The van der Waals surface area contributed by atoms with Crippen molar-refractivity contribution < 1.29 is 8.42 Å². The van der Waals surface area contributed by atoms with E-state index in [1.54, 1.807) is 4.68 Å². The SMILES string of the molecule is O=S1(=O)CC[C@H](N2CCN(c3nnnn3-c3ccccc3)CC2)C1. The van der Waals surface area contributed by atoms with Crippen LogP contribution in [0.4, 0.5) is 5.95 Å². The van der Waals surface area contributed by atoms with Crippen molar-refractivity contribution in [2.75, 3.05) is 42.6 Å². The van der Waals surface area contributed by atoms with Crippen LogP contribution in [0.15, 0.2) is 30.3 Å². The van der Waals surface area contributed by atoms with Crippen LogP contribution in [0.25, 0.3) is 5.69 Å². The van der Waals surface area contributed by atoms with Gasteiger partial charge in [-0.3, -0.25) is 4.90 Å². The zero-order chi connectivity index (χ0) is 16.6. The maximum absolute atomic E-state index is 11.7. The highest BCUT2D eigenvalue weighted by molar-refractivity contribution is 7.91. The molecule has 2 saturated heterocycles. The Morgan fingerprint density at radius 1 is 1.04 bits per heavy atom. The lowest BCUT2D eigenvalue weighted by Crippen LogP contribution is -2.51. The molecule has 4 rings (SSSR count). The first-order chi connectivity index (χ1) is 11.6. The van der Waals surface area contributed by atoms with Gasteiger partial charge < -0.3 is 4.90 Å². The highest BCUT2D eigenvalue weighted by Gasteiger charge is 2.34. The Labute approximate surface area is 141 Å². The van der Waals surface area contributed by atoms with E-state index in [-0.39, 0.29) is 6.04 Å².